The molecular weight excluding hydrogens is 236 g/mol. The van der Waals surface area contributed by atoms with Gasteiger partial charge in [-0.15, -0.1) is 0 Å². The van der Waals surface area contributed by atoms with Gasteiger partial charge in [-0.25, -0.2) is 13.6 Å². The molecular formula is C10H5F2NO2S. The summed E-state index contributed by atoms with van der Waals surface area (Å²) in [6.07, 6.45) is 0. The largest absolute Gasteiger partial charge is 0.476 e. The summed E-state index contributed by atoms with van der Waals surface area (Å²) >= 11 is 0.858. The van der Waals surface area contributed by atoms with Crippen molar-refractivity contribution in [1.29, 1.82) is 0 Å². The van der Waals surface area contributed by atoms with Crippen molar-refractivity contribution in [3.8, 4) is 10.4 Å². The maximum atomic E-state index is 13.3. The summed E-state index contributed by atoms with van der Waals surface area (Å²) < 4.78 is 29.6. The highest BCUT2D eigenvalue weighted by molar-refractivity contribution is 7.09. The van der Waals surface area contributed by atoms with Crippen molar-refractivity contribution in [2.24, 2.45) is 0 Å². The summed E-state index contributed by atoms with van der Waals surface area (Å²) in [5, 5.41) is 8.65. The Bertz CT molecular complexity index is 554. The molecule has 0 amide bonds. The maximum absolute atomic E-state index is 13.3. The third kappa shape index (κ3) is 1.92. The van der Waals surface area contributed by atoms with E-state index in [2.05, 4.69) is 4.37 Å². The van der Waals surface area contributed by atoms with Gasteiger partial charge in [-0.2, -0.15) is 4.37 Å². The lowest BCUT2D eigenvalue weighted by Crippen LogP contribution is -1.94. The number of carboxylic acid groups (broad SMARTS) is 1. The summed E-state index contributed by atoms with van der Waals surface area (Å²) in [7, 11) is 0. The average Bonchev–Trinajstić information content (AvgIpc) is 2.66. The molecule has 1 N–H and O–H groups in total. The van der Waals surface area contributed by atoms with E-state index in [1.54, 1.807) is 0 Å². The van der Waals surface area contributed by atoms with Crippen LogP contribution in [0.5, 0.6) is 0 Å². The summed E-state index contributed by atoms with van der Waals surface area (Å²) in [5.41, 5.74) is -0.00451. The SMILES string of the molecule is O=C(O)c1cc(-c2ccc(F)cc2F)sn1. The van der Waals surface area contributed by atoms with Gasteiger partial charge >= 0.3 is 5.97 Å². The number of nitrogens with zero attached hydrogens (tertiary/aromatic N) is 1. The van der Waals surface area contributed by atoms with Crippen molar-refractivity contribution < 1.29 is 18.7 Å². The van der Waals surface area contributed by atoms with Crippen LogP contribution in [0.3, 0.4) is 0 Å². The monoisotopic (exact) mass is 241 g/mol. The molecule has 0 fully saturated rings. The number of rotatable bonds is 2. The molecule has 16 heavy (non-hydrogen) atoms. The van der Waals surface area contributed by atoms with Crippen molar-refractivity contribution in [3.63, 3.8) is 0 Å². The Morgan fingerprint density at radius 3 is 2.62 bits per heavy atom. The van der Waals surface area contributed by atoms with Crippen LogP contribution in [0.1, 0.15) is 10.5 Å². The Balaban J connectivity index is 2.46. The molecule has 2 rings (SSSR count). The fraction of sp³-hybridized carbons (Fsp3) is 0. The van der Waals surface area contributed by atoms with Crippen LogP contribution in [0, 0.1) is 11.6 Å². The van der Waals surface area contributed by atoms with Crippen LogP contribution in [-0.4, -0.2) is 15.4 Å². The van der Waals surface area contributed by atoms with Crippen molar-refractivity contribution >= 4 is 17.5 Å². The number of benzene rings is 1. The molecule has 0 radical (unpaired) electrons. The summed E-state index contributed by atoms with van der Waals surface area (Å²) in [4.78, 5) is 10.9. The molecule has 0 saturated heterocycles. The van der Waals surface area contributed by atoms with Crippen LogP contribution in [-0.2, 0) is 0 Å². The van der Waals surface area contributed by atoms with Gasteiger partial charge in [0.2, 0.25) is 0 Å². The maximum Gasteiger partial charge on any atom is 0.355 e. The first-order valence-corrected chi connectivity index (χ1v) is 5.00. The Morgan fingerprint density at radius 1 is 1.31 bits per heavy atom. The van der Waals surface area contributed by atoms with Crippen molar-refractivity contribution in [3.05, 3.63) is 41.6 Å². The molecule has 1 aromatic heterocycles. The Kier molecular flexibility index (Phi) is 2.66. The minimum atomic E-state index is -1.18. The van der Waals surface area contributed by atoms with E-state index in [9.17, 15) is 13.6 Å². The van der Waals surface area contributed by atoms with Crippen molar-refractivity contribution in [1.82, 2.24) is 4.37 Å². The molecule has 6 heteroatoms. The van der Waals surface area contributed by atoms with E-state index in [4.69, 9.17) is 5.11 Å². The lowest BCUT2D eigenvalue weighted by atomic mass is 10.1. The van der Waals surface area contributed by atoms with Crippen LogP contribution in [0.15, 0.2) is 24.3 Å². The molecule has 1 heterocycles. The number of halogens is 2. The van der Waals surface area contributed by atoms with Gasteiger partial charge < -0.3 is 5.11 Å². The van der Waals surface area contributed by atoms with Gasteiger partial charge in [0.05, 0.1) is 4.88 Å². The predicted octanol–water partition coefficient (Wildman–Crippen LogP) is 2.79. The molecule has 3 nitrogen and oxygen atoms in total. The standard InChI is InChI=1S/C10H5F2NO2S/c11-5-1-2-6(7(12)3-5)9-4-8(10(14)15)13-16-9/h1-4H,(H,14,15). The van der Waals surface area contributed by atoms with Crippen LogP contribution in [0.25, 0.3) is 10.4 Å². The van der Waals surface area contributed by atoms with Gasteiger partial charge in [-0.3, -0.25) is 0 Å². The zero-order valence-corrected chi connectivity index (χ0v) is 8.59. The number of aromatic nitrogens is 1. The number of hydrogen-bond donors (Lipinski definition) is 1. The first-order chi connectivity index (χ1) is 7.58. The minimum absolute atomic E-state index is 0.145. The normalized spacial score (nSPS) is 10.4. The molecule has 0 unspecified atom stereocenters. The van der Waals surface area contributed by atoms with E-state index in [0.717, 1.165) is 23.7 Å². The van der Waals surface area contributed by atoms with Gasteiger partial charge in [0.1, 0.15) is 11.6 Å². The second-order valence-electron chi connectivity index (χ2n) is 3.01. The smallest absolute Gasteiger partial charge is 0.355 e. The molecule has 0 saturated carbocycles. The second kappa shape index (κ2) is 3.97. The highest BCUT2D eigenvalue weighted by atomic mass is 32.1. The molecule has 82 valence electrons. The van der Waals surface area contributed by atoms with E-state index in [0.29, 0.717) is 4.88 Å². The molecule has 0 aliphatic heterocycles. The molecule has 0 aliphatic rings. The molecule has 1 aromatic carbocycles. The Labute approximate surface area is 93.1 Å². The third-order valence-corrected chi connectivity index (χ3v) is 2.75. The van der Waals surface area contributed by atoms with E-state index in [1.807, 2.05) is 0 Å². The first kappa shape index (κ1) is 10.7. The molecule has 0 aliphatic carbocycles. The zero-order chi connectivity index (χ0) is 11.7. The summed E-state index contributed by atoms with van der Waals surface area (Å²) in [6.45, 7) is 0. The van der Waals surface area contributed by atoms with Crippen LogP contribution in [0.4, 0.5) is 8.78 Å². The number of hydrogen-bond acceptors (Lipinski definition) is 3. The minimum Gasteiger partial charge on any atom is -0.476 e. The fourth-order valence-corrected chi connectivity index (χ4v) is 1.95. The fourth-order valence-electron chi connectivity index (χ4n) is 1.19. The van der Waals surface area contributed by atoms with Crippen LogP contribution in [0.2, 0.25) is 0 Å². The quantitative estimate of drug-likeness (QED) is 0.879. The lowest BCUT2D eigenvalue weighted by molar-refractivity contribution is 0.0692. The van der Waals surface area contributed by atoms with E-state index in [1.165, 1.54) is 12.1 Å². The predicted molar refractivity (Wildman–Crippen MR) is 54.4 cm³/mol. The van der Waals surface area contributed by atoms with E-state index in [-0.39, 0.29) is 11.3 Å². The van der Waals surface area contributed by atoms with E-state index < -0.39 is 17.6 Å². The van der Waals surface area contributed by atoms with Crippen LogP contribution >= 0.6 is 11.5 Å². The van der Waals surface area contributed by atoms with E-state index >= 15 is 0 Å². The van der Waals surface area contributed by atoms with Crippen molar-refractivity contribution in [2.75, 3.05) is 0 Å². The third-order valence-electron chi connectivity index (χ3n) is 1.93. The van der Waals surface area contributed by atoms with Crippen LogP contribution < -0.4 is 0 Å². The number of aromatic carboxylic acids is 1. The Morgan fingerprint density at radius 2 is 2.06 bits per heavy atom. The zero-order valence-electron chi connectivity index (χ0n) is 7.78. The summed E-state index contributed by atoms with van der Waals surface area (Å²) in [6, 6.07) is 4.36. The molecule has 0 bridgehead atoms. The molecule has 0 atom stereocenters. The molecule has 0 spiro atoms. The highest BCUT2D eigenvalue weighted by Crippen LogP contribution is 2.27. The average molecular weight is 241 g/mol. The Hall–Kier alpha value is -1.82. The van der Waals surface area contributed by atoms with Gasteiger partial charge in [-0.1, -0.05) is 0 Å². The van der Waals surface area contributed by atoms with Gasteiger partial charge in [-0.05, 0) is 29.7 Å². The lowest BCUT2D eigenvalue weighted by Gasteiger charge is -1.98. The summed E-state index contributed by atoms with van der Waals surface area (Å²) in [5.74, 6) is -2.59. The van der Waals surface area contributed by atoms with Crippen molar-refractivity contribution in [2.45, 2.75) is 0 Å². The number of carbonyl (C=O) groups is 1. The van der Waals surface area contributed by atoms with Gasteiger partial charge in [0, 0.05) is 11.6 Å². The van der Waals surface area contributed by atoms with Gasteiger partial charge in [0.15, 0.2) is 5.69 Å². The topological polar surface area (TPSA) is 50.2 Å². The molecule has 2 aromatic rings. The number of carboxylic acids is 1. The first-order valence-electron chi connectivity index (χ1n) is 4.23. The highest BCUT2D eigenvalue weighted by Gasteiger charge is 2.13. The second-order valence-corrected chi connectivity index (χ2v) is 3.81. The van der Waals surface area contributed by atoms with Gasteiger partial charge in [0.25, 0.3) is 0 Å².